The molecule has 0 unspecified atom stereocenters. The number of anilines is 1. The van der Waals surface area contributed by atoms with E-state index in [0.29, 0.717) is 6.42 Å². The average molecular weight is 372 g/mol. The van der Waals surface area contributed by atoms with Crippen LogP contribution in [0.4, 0.5) is 5.69 Å². The van der Waals surface area contributed by atoms with Crippen LogP contribution in [0.25, 0.3) is 21.7 Å². The van der Waals surface area contributed by atoms with Crippen molar-refractivity contribution in [1.82, 2.24) is 4.90 Å². The van der Waals surface area contributed by atoms with Gasteiger partial charge >= 0.3 is 0 Å². The number of nitrogens with zero attached hydrogens (tertiary/aromatic N) is 2. The maximum atomic E-state index is 12.9. The van der Waals surface area contributed by atoms with Crippen LogP contribution in [0.3, 0.4) is 0 Å². The molecule has 1 N–H and O–H groups in total. The molecule has 1 saturated heterocycles. The van der Waals surface area contributed by atoms with Crippen molar-refractivity contribution in [3.8, 4) is 0 Å². The number of nitrogens with one attached hydrogen (secondary N) is 1. The minimum absolute atomic E-state index is 0.164. The molecule has 5 heteroatoms. The topological polar surface area (TPSA) is 50.8 Å². The van der Waals surface area contributed by atoms with Crippen molar-refractivity contribution in [2.45, 2.75) is 6.42 Å². The van der Waals surface area contributed by atoms with Crippen LogP contribution in [0.5, 0.6) is 0 Å². The second kappa shape index (κ2) is 7.00. The fourth-order valence-corrected chi connectivity index (χ4v) is 4.08. The average Bonchev–Trinajstić information content (AvgIpc) is 3.18. The molecule has 0 saturated carbocycles. The molecule has 1 fully saturated rings. The Morgan fingerprint density at radius 1 is 0.964 bits per heavy atom. The Morgan fingerprint density at radius 3 is 2.57 bits per heavy atom. The standard InChI is InChI=1S/C23H21N3O2/c27-22(26-13-11-25(12-14-26)19-7-9-24-10-8-19)15-18-16-28-21-6-5-17-3-1-2-4-20(17)23(18)21/h1-10,16H,11-15H2/p+1. The zero-order chi connectivity index (χ0) is 18.9. The van der Waals surface area contributed by atoms with Gasteiger partial charge in [0.1, 0.15) is 5.58 Å². The number of fused-ring (bicyclic) bond motifs is 3. The zero-order valence-corrected chi connectivity index (χ0v) is 15.6. The first kappa shape index (κ1) is 16.8. The fourth-order valence-electron chi connectivity index (χ4n) is 4.08. The van der Waals surface area contributed by atoms with Gasteiger partial charge in [0, 0.05) is 54.9 Å². The molecule has 5 nitrogen and oxygen atoms in total. The fraction of sp³-hybridized carbons (Fsp3) is 0.217. The number of amides is 1. The predicted octanol–water partition coefficient (Wildman–Crippen LogP) is 3.29. The van der Waals surface area contributed by atoms with E-state index >= 15 is 0 Å². The Morgan fingerprint density at radius 2 is 1.75 bits per heavy atom. The number of carbonyl (C=O) groups is 1. The van der Waals surface area contributed by atoms with Crippen molar-refractivity contribution in [2.75, 3.05) is 31.1 Å². The number of benzene rings is 2. The van der Waals surface area contributed by atoms with Crippen LogP contribution in [0.15, 0.2) is 71.6 Å². The molecular weight excluding hydrogens is 350 g/mol. The second-order valence-corrected chi connectivity index (χ2v) is 7.22. The number of hydrogen-bond acceptors (Lipinski definition) is 3. The first-order valence-electron chi connectivity index (χ1n) is 9.66. The Balaban J connectivity index is 1.33. The minimum atomic E-state index is 0.164. The number of aromatic amines is 1. The second-order valence-electron chi connectivity index (χ2n) is 7.22. The molecule has 0 aliphatic carbocycles. The molecule has 2 aromatic heterocycles. The van der Waals surface area contributed by atoms with Crippen molar-refractivity contribution < 1.29 is 14.2 Å². The Hall–Kier alpha value is -3.34. The molecule has 5 rings (SSSR count). The van der Waals surface area contributed by atoms with E-state index in [2.05, 4.69) is 40.2 Å². The number of H-pyrrole nitrogens is 1. The summed E-state index contributed by atoms with van der Waals surface area (Å²) >= 11 is 0. The van der Waals surface area contributed by atoms with Crippen LogP contribution < -0.4 is 9.88 Å². The van der Waals surface area contributed by atoms with Crippen LogP contribution in [-0.4, -0.2) is 37.0 Å². The Kier molecular flexibility index (Phi) is 4.20. The summed E-state index contributed by atoms with van der Waals surface area (Å²) < 4.78 is 5.74. The molecular formula is C23H22N3O2+. The highest BCUT2D eigenvalue weighted by molar-refractivity contribution is 6.08. The molecule has 0 spiro atoms. The largest absolute Gasteiger partial charge is 0.464 e. The number of pyridine rings is 1. The van der Waals surface area contributed by atoms with E-state index in [-0.39, 0.29) is 5.91 Å². The van der Waals surface area contributed by atoms with E-state index < -0.39 is 0 Å². The van der Waals surface area contributed by atoms with Gasteiger partial charge in [-0.25, -0.2) is 4.98 Å². The number of furan rings is 1. The van der Waals surface area contributed by atoms with Crippen molar-refractivity contribution >= 4 is 33.3 Å². The van der Waals surface area contributed by atoms with Crippen LogP contribution in [0, 0.1) is 0 Å². The number of carbonyl (C=O) groups excluding carboxylic acids is 1. The van der Waals surface area contributed by atoms with Gasteiger partial charge < -0.3 is 14.2 Å². The highest BCUT2D eigenvalue weighted by Gasteiger charge is 2.23. The highest BCUT2D eigenvalue weighted by atomic mass is 16.3. The summed E-state index contributed by atoms with van der Waals surface area (Å²) in [5, 5.41) is 3.37. The summed E-state index contributed by atoms with van der Waals surface area (Å²) in [6, 6.07) is 16.4. The zero-order valence-electron chi connectivity index (χ0n) is 15.6. The Labute approximate surface area is 163 Å². The van der Waals surface area contributed by atoms with Gasteiger partial charge in [-0.2, -0.15) is 0 Å². The number of hydrogen-bond donors (Lipinski definition) is 0. The molecule has 28 heavy (non-hydrogen) atoms. The molecule has 1 aliphatic heterocycles. The SMILES string of the molecule is O=C(Cc1coc2ccc3ccccc3c12)N1CCN(c2cc[nH+]cc2)CC1. The van der Waals surface area contributed by atoms with Crippen molar-refractivity contribution in [3.05, 3.63) is 72.8 Å². The normalized spacial score (nSPS) is 14.7. The van der Waals surface area contributed by atoms with Gasteiger partial charge in [-0.1, -0.05) is 30.3 Å². The van der Waals surface area contributed by atoms with Gasteiger partial charge in [0.2, 0.25) is 5.91 Å². The van der Waals surface area contributed by atoms with Crippen LogP contribution >= 0.6 is 0 Å². The van der Waals surface area contributed by atoms with E-state index in [0.717, 1.165) is 48.1 Å². The van der Waals surface area contributed by atoms with Crippen molar-refractivity contribution in [1.29, 1.82) is 0 Å². The van der Waals surface area contributed by atoms with Gasteiger partial charge in [0.25, 0.3) is 0 Å². The van der Waals surface area contributed by atoms with Crippen molar-refractivity contribution in [3.63, 3.8) is 0 Å². The third kappa shape index (κ3) is 2.99. The van der Waals surface area contributed by atoms with Gasteiger partial charge in [-0.3, -0.25) is 4.79 Å². The van der Waals surface area contributed by atoms with Crippen molar-refractivity contribution in [2.24, 2.45) is 0 Å². The maximum absolute atomic E-state index is 12.9. The molecule has 0 atom stereocenters. The van der Waals surface area contributed by atoms with E-state index in [1.54, 1.807) is 6.26 Å². The third-order valence-electron chi connectivity index (χ3n) is 5.58. The number of piperazine rings is 1. The van der Waals surface area contributed by atoms with Gasteiger partial charge in [0.05, 0.1) is 12.7 Å². The lowest BCUT2D eigenvalue weighted by Crippen LogP contribution is -2.49. The quantitative estimate of drug-likeness (QED) is 0.554. The lowest BCUT2D eigenvalue weighted by molar-refractivity contribution is -0.377. The first-order valence-corrected chi connectivity index (χ1v) is 9.66. The van der Waals surface area contributed by atoms with E-state index in [1.807, 2.05) is 35.5 Å². The summed E-state index contributed by atoms with van der Waals surface area (Å²) in [5.41, 5.74) is 3.00. The molecule has 2 aromatic carbocycles. The molecule has 4 aromatic rings. The minimum Gasteiger partial charge on any atom is -0.464 e. The Bertz CT molecular complexity index is 1130. The first-order chi connectivity index (χ1) is 13.8. The summed E-state index contributed by atoms with van der Waals surface area (Å²) in [5.74, 6) is 0.164. The highest BCUT2D eigenvalue weighted by Crippen LogP contribution is 2.30. The summed E-state index contributed by atoms with van der Waals surface area (Å²) in [7, 11) is 0. The smallest absolute Gasteiger partial charge is 0.227 e. The molecule has 1 aliphatic rings. The summed E-state index contributed by atoms with van der Waals surface area (Å²) in [4.78, 5) is 20.3. The monoisotopic (exact) mass is 372 g/mol. The molecule has 3 heterocycles. The summed E-state index contributed by atoms with van der Waals surface area (Å²) in [6.45, 7) is 3.19. The van der Waals surface area contributed by atoms with Gasteiger partial charge in [0.15, 0.2) is 12.4 Å². The van der Waals surface area contributed by atoms with E-state index in [9.17, 15) is 4.79 Å². The van der Waals surface area contributed by atoms with E-state index in [1.165, 1.54) is 11.1 Å². The predicted molar refractivity (Wildman–Crippen MR) is 109 cm³/mol. The molecule has 0 radical (unpaired) electrons. The summed E-state index contributed by atoms with van der Waals surface area (Å²) in [6.07, 6.45) is 5.98. The molecule has 1 amide bonds. The molecule has 140 valence electrons. The van der Waals surface area contributed by atoms with E-state index in [4.69, 9.17) is 4.42 Å². The van der Waals surface area contributed by atoms with Crippen LogP contribution in [-0.2, 0) is 11.2 Å². The lowest BCUT2D eigenvalue weighted by atomic mass is 10.0. The number of aromatic nitrogens is 1. The third-order valence-corrected chi connectivity index (χ3v) is 5.58. The lowest BCUT2D eigenvalue weighted by Gasteiger charge is -2.35. The van der Waals surface area contributed by atoms with Crippen LogP contribution in [0.2, 0.25) is 0 Å². The maximum Gasteiger partial charge on any atom is 0.227 e. The number of rotatable bonds is 3. The van der Waals surface area contributed by atoms with Crippen LogP contribution in [0.1, 0.15) is 5.56 Å². The van der Waals surface area contributed by atoms with Gasteiger partial charge in [-0.15, -0.1) is 0 Å². The van der Waals surface area contributed by atoms with Gasteiger partial charge in [-0.05, 0) is 16.8 Å². The molecule has 0 bridgehead atoms.